The van der Waals surface area contributed by atoms with E-state index in [2.05, 4.69) is 10.4 Å². The summed E-state index contributed by atoms with van der Waals surface area (Å²) in [6, 6.07) is 1.77. The second-order valence-corrected chi connectivity index (χ2v) is 7.78. The van der Waals surface area contributed by atoms with Crippen molar-refractivity contribution in [1.29, 1.82) is 0 Å². The summed E-state index contributed by atoms with van der Waals surface area (Å²) in [6.45, 7) is 0. The zero-order chi connectivity index (χ0) is 23.6. The summed E-state index contributed by atoms with van der Waals surface area (Å²) in [7, 11) is 1.27. The van der Waals surface area contributed by atoms with E-state index in [1.165, 1.54) is 7.05 Å². The van der Waals surface area contributed by atoms with E-state index in [-0.39, 0.29) is 17.7 Å². The number of aryl methyl sites for hydroxylation is 1. The van der Waals surface area contributed by atoms with Gasteiger partial charge in [-0.1, -0.05) is 0 Å². The van der Waals surface area contributed by atoms with Gasteiger partial charge >= 0.3 is 12.4 Å². The van der Waals surface area contributed by atoms with Gasteiger partial charge in [0.05, 0.1) is 29.8 Å². The molecule has 2 bridgehead atoms. The lowest BCUT2D eigenvalue weighted by Crippen LogP contribution is -2.41. The number of carbonyl (C=O) groups excluding carboxylic acids is 1. The Kier molecular flexibility index (Phi) is 5.24. The molecule has 5 atom stereocenters. The van der Waals surface area contributed by atoms with Crippen LogP contribution < -0.4 is 5.32 Å². The molecule has 2 fully saturated rings. The number of ether oxygens (including phenoxy) is 1. The highest BCUT2D eigenvalue weighted by Gasteiger charge is 2.59. The minimum atomic E-state index is -4.93. The maximum Gasteiger partial charge on any atom is 0.435 e. The standard InChI is InChI=1S/C19H16F7N3O3/c1-29-6-8(16(28-29)19(24,25)26)13-14(12-5-11(30)15(13)32-12)17(31)27-7-2-3-9(10(20)4-7)18(21,22)23/h2-4,6,11-15,30H,5H2,1H3,(H,27,31). The first-order valence-corrected chi connectivity index (χ1v) is 9.39. The van der Waals surface area contributed by atoms with E-state index in [9.17, 15) is 40.6 Å². The Bertz CT molecular complexity index is 1050. The monoisotopic (exact) mass is 467 g/mol. The van der Waals surface area contributed by atoms with Crippen LogP contribution >= 0.6 is 0 Å². The fourth-order valence-corrected chi connectivity index (χ4v) is 4.43. The SMILES string of the molecule is Cn1cc(C2C3OC(CC3O)C2C(=O)Nc2ccc(C(F)(F)F)c(F)c2)c(C(F)(F)F)n1. The van der Waals surface area contributed by atoms with Crippen LogP contribution in [-0.4, -0.2) is 39.1 Å². The lowest BCUT2D eigenvalue weighted by molar-refractivity contribution is -0.143. The predicted molar refractivity (Wildman–Crippen MR) is 93.8 cm³/mol. The van der Waals surface area contributed by atoms with E-state index in [1.807, 2.05) is 0 Å². The number of carbonyl (C=O) groups is 1. The molecule has 1 aromatic carbocycles. The lowest BCUT2D eigenvalue weighted by Gasteiger charge is -2.30. The number of rotatable bonds is 3. The van der Waals surface area contributed by atoms with Crippen LogP contribution in [0, 0.1) is 11.7 Å². The first kappa shape index (κ1) is 22.5. The normalized spacial score (nSPS) is 27.7. The van der Waals surface area contributed by atoms with Gasteiger partial charge in [-0.05, 0) is 18.2 Å². The van der Waals surface area contributed by atoms with Crippen LogP contribution in [0.2, 0.25) is 0 Å². The highest BCUT2D eigenvalue weighted by atomic mass is 19.4. The Balaban J connectivity index is 1.66. The van der Waals surface area contributed by atoms with Gasteiger partial charge in [-0.3, -0.25) is 9.48 Å². The second kappa shape index (κ2) is 7.44. The number of nitrogens with one attached hydrogen (secondary N) is 1. The number of fused-ring (bicyclic) bond motifs is 2. The summed E-state index contributed by atoms with van der Waals surface area (Å²) in [5, 5.41) is 15.8. The molecule has 5 unspecified atom stereocenters. The Morgan fingerprint density at radius 3 is 2.50 bits per heavy atom. The topological polar surface area (TPSA) is 76.4 Å². The van der Waals surface area contributed by atoms with E-state index in [0.717, 1.165) is 16.9 Å². The third-order valence-corrected chi connectivity index (χ3v) is 5.66. The van der Waals surface area contributed by atoms with Crippen LogP contribution in [0.3, 0.4) is 0 Å². The van der Waals surface area contributed by atoms with Gasteiger partial charge < -0.3 is 15.2 Å². The number of nitrogens with zero attached hydrogens (tertiary/aromatic N) is 2. The van der Waals surface area contributed by atoms with E-state index < -0.39 is 65.5 Å². The van der Waals surface area contributed by atoms with E-state index in [4.69, 9.17) is 4.74 Å². The molecular formula is C19H16F7N3O3. The molecule has 2 aliphatic rings. The molecule has 2 aromatic rings. The second-order valence-electron chi connectivity index (χ2n) is 7.78. The lowest BCUT2D eigenvalue weighted by atomic mass is 9.73. The van der Waals surface area contributed by atoms with E-state index in [0.29, 0.717) is 12.1 Å². The quantitative estimate of drug-likeness (QED) is 0.679. The van der Waals surface area contributed by atoms with Crippen LogP contribution in [-0.2, 0) is 28.9 Å². The van der Waals surface area contributed by atoms with Crippen molar-refractivity contribution in [2.24, 2.45) is 13.0 Å². The molecule has 3 heterocycles. The van der Waals surface area contributed by atoms with Gasteiger partial charge in [-0.15, -0.1) is 0 Å². The van der Waals surface area contributed by atoms with Gasteiger partial charge in [-0.2, -0.15) is 31.4 Å². The number of alkyl halides is 6. The third-order valence-electron chi connectivity index (χ3n) is 5.66. The average Bonchev–Trinajstić information content (AvgIpc) is 3.31. The van der Waals surface area contributed by atoms with Crippen LogP contribution in [0.1, 0.15) is 29.2 Å². The van der Waals surface area contributed by atoms with Gasteiger partial charge in [-0.25, -0.2) is 4.39 Å². The summed E-state index contributed by atoms with van der Waals surface area (Å²) in [5.41, 5.74) is -3.40. The molecule has 1 aromatic heterocycles. The molecule has 2 saturated heterocycles. The molecule has 174 valence electrons. The van der Waals surface area contributed by atoms with E-state index in [1.54, 1.807) is 0 Å². The first-order valence-electron chi connectivity index (χ1n) is 9.39. The summed E-state index contributed by atoms with van der Waals surface area (Å²) >= 11 is 0. The van der Waals surface area contributed by atoms with Gasteiger partial charge in [0, 0.05) is 36.8 Å². The number of amides is 1. The number of halogens is 7. The smallest absolute Gasteiger partial charge is 0.390 e. The van der Waals surface area contributed by atoms with E-state index >= 15 is 0 Å². The molecule has 4 rings (SSSR count). The Morgan fingerprint density at radius 1 is 1.22 bits per heavy atom. The molecule has 2 N–H and O–H groups in total. The summed E-state index contributed by atoms with van der Waals surface area (Å²) < 4.78 is 99.0. The zero-order valence-corrected chi connectivity index (χ0v) is 16.2. The Morgan fingerprint density at radius 2 is 1.91 bits per heavy atom. The third kappa shape index (κ3) is 3.83. The van der Waals surface area contributed by atoms with Gasteiger partial charge in [0.25, 0.3) is 0 Å². The summed E-state index contributed by atoms with van der Waals surface area (Å²) in [4.78, 5) is 12.9. The van der Waals surface area contributed by atoms with Crippen LogP contribution in [0.4, 0.5) is 36.4 Å². The number of aliphatic hydroxyl groups is 1. The van der Waals surface area contributed by atoms with Crippen molar-refractivity contribution in [1.82, 2.24) is 9.78 Å². The van der Waals surface area contributed by atoms with Gasteiger partial charge in [0.1, 0.15) is 5.82 Å². The van der Waals surface area contributed by atoms with Crippen molar-refractivity contribution in [3.8, 4) is 0 Å². The molecule has 0 spiro atoms. The molecule has 0 radical (unpaired) electrons. The fourth-order valence-electron chi connectivity index (χ4n) is 4.43. The highest BCUT2D eigenvalue weighted by molar-refractivity contribution is 5.94. The van der Waals surface area contributed by atoms with Crippen LogP contribution in [0.5, 0.6) is 0 Å². The first-order chi connectivity index (χ1) is 14.8. The van der Waals surface area contributed by atoms with Crippen molar-refractivity contribution in [2.45, 2.75) is 43.0 Å². The summed E-state index contributed by atoms with van der Waals surface area (Å²) in [5.74, 6) is -4.91. The van der Waals surface area contributed by atoms with Crippen molar-refractivity contribution in [2.75, 3.05) is 5.32 Å². The highest BCUT2D eigenvalue weighted by Crippen LogP contribution is 2.51. The molecule has 2 aliphatic heterocycles. The van der Waals surface area contributed by atoms with Crippen LogP contribution in [0.25, 0.3) is 0 Å². The molecule has 13 heteroatoms. The number of aliphatic hydroxyl groups excluding tert-OH is 1. The molecule has 32 heavy (non-hydrogen) atoms. The van der Waals surface area contributed by atoms with Gasteiger partial charge in [0.2, 0.25) is 5.91 Å². The van der Waals surface area contributed by atoms with Gasteiger partial charge in [0.15, 0.2) is 5.69 Å². The average molecular weight is 467 g/mol. The Labute approximate surface area is 176 Å². The molecule has 1 amide bonds. The minimum Gasteiger partial charge on any atom is -0.390 e. The fraction of sp³-hybridized carbons (Fsp3) is 0.474. The zero-order valence-electron chi connectivity index (χ0n) is 16.2. The van der Waals surface area contributed by atoms with Crippen molar-refractivity contribution in [3.05, 3.63) is 47.0 Å². The largest absolute Gasteiger partial charge is 0.435 e. The Hall–Kier alpha value is -2.67. The molecule has 0 aliphatic carbocycles. The van der Waals surface area contributed by atoms with Crippen molar-refractivity contribution in [3.63, 3.8) is 0 Å². The molecule has 0 saturated carbocycles. The number of anilines is 1. The van der Waals surface area contributed by atoms with Crippen LogP contribution in [0.15, 0.2) is 24.4 Å². The summed E-state index contributed by atoms with van der Waals surface area (Å²) in [6.07, 6.45) is -11.8. The van der Waals surface area contributed by atoms with Crippen molar-refractivity contribution < 1.29 is 45.4 Å². The van der Waals surface area contributed by atoms with Crippen molar-refractivity contribution >= 4 is 11.6 Å². The maximum atomic E-state index is 13.8. The number of hydrogen-bond acceptors (Lipinski definition) is 4. The maximum absolute atomic E-state index is 13.8. The predicted octanol–water partition coefficient (Wildman–Crippen LogP) is 3.47. The molecule has 6 nitrogen and oxygen atoms in total. The molecular weight excluding hydrogens is 451 g/mol. The number of hydrogen-bond donors (Lipinski definition) is 2. The number of benzene rings is 1. The number of aromatic nitrogens is 2. The minimum absolute atomic E-state index is 0.0117.